The van der Waals surface area contributed by atoms with Crippen LogP contribution in [-0.4, -0.2) is 33.8 Å². The Hall–Kier alpha value is -3.35. The minimum atomic E-state index is 0.649. The van der Waals surface area contributed by atoms with Crippen LogP contribution in [0.2, 0.25) is 0 Å². The highest BCUT2D eigenvalue weighted by Gasteiger charge is 2.14. The molecule has 0 bridgehead atoms. The van der Waals surface area contributed by atoms with Crippen LogP contribution in [0.1, 0.15) is 12.7 Å². The van der Waals surface area contributed by atoms with Crippen molar-refractivity contribution in [3.05, 3.63) is 48.3 Å². The zero-order chi connectivity index (χ0) is 18.1. The summed E-state index contributed by atoms with van der Waals surface area (Å²) in [6, 6.07) is 13.5. The topological polar surface area (TPSA) is 73.6 Å². The van der Waals surface area contributed by atoms with Crippen molar-refractivity contribution in [3.63, 3.8) is 0 Å². The number of para-hydroxylation sites is 1. The molecule has 2 heterocycles. The molecular formula is C19H19N5O2. The van der Waals surface area contributed by atoms with E-state index in [2.05, 4.69) is 15.5 Å². The molecule has 0 fully saturated rings. The summed E-state index contributed by atoms with van der Waals surface area (Å²) in [5.41, 5.74) is 2.44. The van der Waals surface area contributed by atoms with Gasteiger partial charge in [-0.25, -0.2) is 9.38 Å². The smallest absolute Gasteiger partial charge is 0.215 e. The molecule has 0 saturated heterocycles. The van der Waals surface area contributed by atoms with Crippen LogP contribution in [-0.2, 0) is 6.42 Å². The zero-order valence-corrected chi connectivity index (χ0v) is 14.9. The second-order valence-corrected chi connectivity index (χ2v) is 5.81. The van der Waals surface area contributed by atoms with E-state index in [1.807, 2.05) is 53.8 Å². The highest BCUT2D eigenvalue weighted by atomic mass is 16.5. The van der Waals surface area contributed by atoms with Crippen molar-refractivity contribution in [3.8, 4) is 11.5 Å². The van der Waals surface area contributed by atoms with E-state index < -0.39 is 0 Å². The number of rotatable bonds is 5. The molecule has 132 valence electrons. The van der Waals surface area contributed by atoms with Gasteiger partial charge in [0.2, 0.25) is 5.95 Å². The Balaban J connectivity index is 1.91. The number of hydrogen-bond acceptors (Lipinski definition) is 6. The number of hydrogen-bond donors (Lipinski definition) is 1. The Bertz CT molecular complexity index is 1070. The van der Waals surface area contributed by atoms with Crippen LogP contribution in [0.15, 0.2) is 42.5 Å². The van der Waals surface area contributed by atoms with Crippen molar-refractivity contribution >= 4 is 28.2 Å². The predicted octanol–water partition coefficient (Wildman–Crippen LogP) is 3.60. The third kappa shape index (κ3) is 2.67. The Morgan fingerprint density at radius 2 is 1.73 bits per heavy atom. The standard InChI is InChI=1S/C19H19N5O2/c1-4-17-22-23-18-15-7-5-6-8-16(15)21-19(24(17)18)20-12-9-13(25-2)11-14(10-12)26-3/h5-11H,4H2,1-3H3,(H,20,21). The molecule has 2 aromatic carbocycles. The van der Waals surface area contributed by atoms with Gasteiger partial charge in [0.1, 0.15) is 17.3 Å². The van der Waals surface area contributed by atoms with E-state index in [4.69, 9.17) is 14.5 Å². The second-order valence-electron chi connectivity index (χ2n) is 5.81. The SMILES string of the molecule is CCc1nnc2c3ccccc3nc(Nc3cc(OC)cc(OC)c3)n12. The summed E-state index contributed by atoms with van der Waals surface area (Å²) in [5.74, 6) is 2.89. The Morgan fingerprint density at radius 1 is 1.00 bits per heavy atom. The minimum absolute atomic E-state index is 0.649. The first-order valence-electron chi connectivity index (χ1n) is 8.36. The first kappa shape index (κ1) is 16.1. The first-order chi connectivity index (χ1) is 12.7. The molecule has 4 aromatic rings. The molecule has 7 nitrogen and oxygen atoms in total. The van der Waals surface area contributed by atoms with Crippen molar-refractivity contribution in [1.29, 1.82) is 0 Å². The fraction of sp³-hybridized carbons (Fsp3) is 0.211. The van der Waals surface area contributed by atoms with E-state index in [0.29, 0.717) is 17.4 Å². The zero-order valence-electron chi connectivity index (χ0n) is 14.9. The first-order valence-corrected chi connectivity index (χ1v) is 8.36. The minimum Gasteiger partial charge on any atom is -0.497 e. The van der Waals surface area contributed by atoms with Gasteiger partial charge in [-0.2, -0.15) is 0 Å². The summed E-state index contributed by atoms with van der Waals surface area (Å²) in [6.07, 6.45) is 0.747. The fourth-order valence-electron chi connectivity index (χ4n) is 2.96. The summed E-state index contributed by atoms with van der Waals surface area (Å²) < 4.78 is 12.7. The number of nitrogens with zero attached hydrogens (tertiary/aromatic N) is 4. The van der Waals surface area contributed by atoms with Gasteiger partial charge in [-0.1, -0.05) is 19.1 Å². The molecule has 2 aromatic heterocycles. The van der Waals surface area contributed by atoms with Crippen LogP contribution >= 0.6 is 0 Å². The number of anilines is 2. The van der Waals surface area contributed by atoms with Gasteiger partial charge in [-0.3, -0.25) is 0 Å². The van der Waals surface area contributed by atoms with Crippen molar-refractivity contribution in [2.45, 2.75) is 13.3 Å². The largest absolute Gasteiger partial charge is 0.497 e. The number of methoxy groups -OCH3 is 2. The molecule has 0 radical (unpaired) electrons. The monoisotopic (exact) mass is 349 g/mol. The summed E-state index contributed by atoms with van der Waals surface area (Å²) in [7, 11) is 3.25. The van der Waals surface area contributed by atoms with Crippen LogP contribution in [0.25, 0.3) is 16.6 Å². The van der Waals surface area contributed by atoms with E-state index in [0.717, 1.165) is 34.5 Å². The van der Waals surface area contributed by atoms with Crippen LogP contribution in [0.3, 0.4) is 0 Å². The molecule has 1 N–H and O–H groups in total. The summed E-state index contributed by atoms with van der Waals surface area (Å²) in [6.45, 7) is 2.05. The molecular weight excluding hydrogens is 330 g/mol. The molecule has 0 spiro atoms. The van der Waals surface area contributed by atoms with E-state index >= 15 is 0 Å². The number of aryl methyl sites for hydroxylation is 1. The average Bonchev–Trinajstić information content (AvgIpc) is 3.12. The summed E-state index contributed by atoms with van der Waals surface area (Å²) >= 11 is 0. The maximum Gasteiger partial charge on any atom is 0.215 e. The maximum absolute atomic E-state index is 5.35. The van der Waals surface area contributed by atoms with E-state index in [-0.39, 0.29) is 0 Å². The van der Waals surface area contributed by atoms with Crippen LogP contribution < -0.4 is 14.8 Å². The molecule has 0 atom stereocenters. The van der Waals surface area contributed by atoms with Crippen LogP contribution in [0.5, 0.6) is 11.5 Å². The lowest BCUT2D eigenvalue weighted by molar-refractivity contribution is 0.395. The Kier molecular flexibility index (Phi) is 4.04. The maximum atomic E-state index is 5.35. The predicted molar refractivity (Wildman–Crippen MR) is 100 cm³/mol. The number of ether oxygens (including phenoxy) is 2. The van der Waals surface area contributed by atoms with Gasteiger partial charge in [-0.15, -0.1) is 10.2 Å². The highest BCUT2D eigenvalue weighted by molar-refractivity contribution is 5.92. The van der Waals surface area contributed by atoms with Gasteiger partial charge in [0.25, 0.3) is 0 Å². The number of nitrogens with one attached hydrogen (secondary N) is 1. The normalized spacial score (nSPS) is 11.0. The Labute approximate surface area is 150 Å². The van der Waals surface area contributed by atoms with Gasteiger partial charge >= 0.3 is 0 Å². The quantitative estimate of drug-likeness (QED) is 0.593. The number of aromatic nitrogens is 4. The molecule has 7 heteroatoms. The highest BCUT2D eigenvalue weighted by Crippen LogP contribution is 2.29. The average molecular weight is 349 g/mol. The van der Waals surface area contributed by atoms with E-state index in [1.54, 1.807) is 14.2 Å². The van der Waals surface area contributed by atoms with Gasteiger partial charge in [0.15, 0.2) is 5.65 Å². The molecule has 26 heavy (non-hydrogen) atoms. The second kappa shape index (κ2) is 6.51. The lowest BCUT2D eigenvalue weighted by Gasteiger charge is -2.13. The molecule has 0 aliphatic rings. The van der Waals surface area contributed by atoms with Crippen molar-refractivity contribution in [1.82, 2.24) is 19.6 Å². The number of benzene rings is 2. The van der Waals surface area contributed by atoms with Gasteiger partial charge in [0, 0.05) is 35.7 Å². The molecule has 4 rings (SSSR count). The third-order valence-corrected chi connectivity index (χ3v) is 4.24. The van der Waals surface area contributed by atoms with Crippen LogP contribution in [0.4, 0.5) is 11.6 Å². The van der Waals surface area contributed by atoms with Crippen molar-refractivity contribution < 1.29 is 9.47 Å². The summed E-state index contributed by atoms with van der Waals surface area (Å²) in [5, 5.41) is 13.0. The third-order valence-electron chi connectivity index (χ3n) is 4.24. The molecule has 0 unspecified atom stereocenters. The van der Waals surface area contributed by atoms with E-state index in [9.17, 15) is 0 Å². The molecule has 0 aliphatic heterocycles. The lowest BCUT2D eigenvalue weighted by Crippen LogP contribution is -2.05. The molecule has 0 saturated carbocycles. The molecule has 0 aliphatic carbocycles. The van der Waals surface area contributed by atoms with E-state index in [1.165, 1.54) is 0 Å². The van der Waals surface area contributed by atoms with Gasteiger partial charge in [0.05, 0.1) is 19.7 Å². The summed E-state index contributed by atoms with van der Waals surface area (Å²) in [4.78, 5) is 4.78. The fourth-order valence-corrected chi connectivity index (χ4v) is 2.96. The van der Waals surface area contributed by atoms with Gasteiger partial charge < -0.3 is 14.8 Å². The number of fused-ring (bicyclic) bond motifs is 3. The molecule has 0 amide bonds. The van der Waals surface area contributed by atoms with Crippen LogP contribution in [0, 0.1) is 0 Å². The van der Waals surface area contributed by atoms with Crippen molar-refractivity contribution in [2.75, 3.05) is 19.5 Å². The van der Waals surface area contributed by atoms with Gasteiger partial charge in [-0.05, 0) is 12.1 Å². The lowest BCUT2D eigenvalue weighted by atomic mass is 10.2. The van der Waals surface area contributed by atoms with Crippen molar-refractivity contribution in [2.24, 2.45) is 0 Å². The Morgan fingerprint density at radius 3 is 2.42 bits per heavy atom.